The summed E-state index contributed by atoms with van der Waals surface area (Å²) in [7, 11) is 0. The Morgan fingerprint density at radius 2 is 1.97 bits per heavy atom. The summed E-state index contributed by atoms with van der Waals surface area (Å²) in [4.78, 5) is 25.1. The third kappa shape index (κ3) is 5.40. The molecule has 37 heavy (non-hydrogen) atoms. The van der Waals surface area contributed by atoms with Crippen LogP contribution in [0.3, 0.4) is 0 Å². The van der Waals surface area contributed by atoms with Crippen molar-refractivity contribution in [2.24, 2.45) is 0 Å². The normalized spacial score (nSPS) is 15.0. The molecular weight excluding hydrogens is 462 g/mol. The van der Waals surface area contributed by atoms with Gasteiger partial charge in [-0.3, -0.25) is 19.4 Å². The highest BCUT2D eigenvalue weighted by molar-refractivity contribution is 5.98. The molecule has 4 aromatic rings. The Hall–Kier alpha value is -4.00. The Morgan fingerprint density at radius 1 is 1.14 bits per heavy atom. The van der Waals surface area contributed by atoms with Crippen molar-refractivity contribution in [3.8, 4) is 5.75 Å². The van der Waals surface area contributed by atoms with Crippen LogP contribution in [-0.2, 0) is 24.3 Å². The molecule has 1 aromatic carbocycles. The summed E-state index contributed by atoms with van der Waals surface area (Å²) in [6, 6.07) is 15.4. The Morgan fingerprint density at radius 3 is 2.73 bits per heavy atom. The molecule has 0 spiro atoms. The second-order valence-electron chi connectivity index (χ2n) is 10.1. The zero-order valence-corrected chi connectivity index (χ0v) is 21.6. The van der Waals surface area contributed by atoms with E-state index in [-0.39, 0.29) is 17.6 Å². The van der Waals surface area contributed by atoms with Gasteiger partial charge in [-0.2, -0.15) is 5.10 Å². The topological polar surface area (TPSA) is 84.1 Å². The fourth-order valence-electron chi connectivity index (χ4n) is 5.08. The van der Waals surface area contributed by atoms with E-state index in [1.807, 2.05) is 71.4 Å². The van der Waals surface area contributed by atoms with Crippen molar-refractivity contribution in [1.82, 2.24) is 19.7 Å². The Kier molecular flexibility index (Phi) is 7.04. The van der Waals surface area contributed by atoms with Gasteiger partial charge in [0.1, 0.15) is 5.75 Å². The first kappa shape index (κ1) is 24.7. The van der Waals surface area contributed by atoms with Gasteiger partial charge in [0.05, 0.1) is 42.8 Å². The van der Waals surface area contributed by atoms with Crippen molar-refractivity contribution < 1.29 is 9.90 Å². The van der Waals surface area contributed by atoms with E-state index in [1.165, 1.54) is 0 Å². The fraction of sp³-hybridized carbons (Fsp3) is 0.333. The number of amides is 1. The minimum absolute atomic E-state index is 0.0127. The van der Waals surface area contributed by atoms with Crippen LogP contribution < -0.4 is 4.90 Å². The van der Waals surface area contributed by atoms with Gasteiger partial charge >= 0.3 is 0 Å². The van der Waals surface area contributed by atoms with Crippen LogP contribution in [0.5, 0.6) is 5.75 Å². The first-order chi connectivity index (χ1) is 17.9. The summed E-state index contributed by atoms with van der Waals surface area (Å²) in [6.45, 7) is 7.13. The SMILES string of the molecule is Cc1cccc(Cn2cc(CN(C(=O)C3CCCc4c(O)cccc43)c3ccc(C(C)C)nc3)cn2)n1. The van der Waals surface area contributed by atoms with Crippen molar-refractivity contribution in [2.75, 3.05) is 4.90 Å². The number of anilines is 1. The lowest BCUT2D eigenvalue weighted by molar-refractivity contribution is -0.120. The molecule has 1 atom stereocenters. The van der Waals surface area contributed by atoms with E-state index < -0.39 is 0 Å². The standard InChI is InChI=1S/C30H33N5O2/c1-20(2)28-14-13-24(16-31-28)35(30(37)27-11-5-10-26-25(27)9-6-12-29(26)36)18-22-15-32-34(17-22)19-23-8-4-7-21(3)33-23/h4,6-9,12-17,20,27,36H,5,10-11,18-19H2,1-3H3. The van der Waals surface area contributed by atoms with E-state index in [4.69, 9.17) is 0 Å². The smallest absolute Gasteiger partial charge is 0.234 e. The van der Waals surface area contributed by atoms with Gasteiger partial charge in [-0.15, -0.1) is 0 Å². The molecule has 7 heteroatoms. The summed E-state index contributed by atoms with van der Waals surface area (Å²) in [5, 5.41) is 15.0. The molecule has 1 aliphatic carbocycles. The fourth-order valence-corrected chi connectivity index (χ4v) is 5.08. The third-order valence-corrected chi connectivity index (χ3v) is 7.02. The van der Waals surface area contributed by atoms with Crippen LogP contribution in [-0.4, -0.2) is 30.8 Å². The van der Waals surface area contributed by atoms with Gasteiger partial charge in [-0.05, 0) is 73.6 Å². The second-order valence-corrected chi connectivity index (χ2v) is 10.1. The average molecular weight is 496 g/mol. The van der Waals surface area contributed by atoms with Gasteiger partial charge in [0.15, 0.2) is 0 Å². The maximum absolute atomic E-state index is 14.1. The Balaban J connectivity index is 1.44. The van der Waals surface area contributed by atoms with Crippen LogP contribution in [0, 0.1) is 6.92 Å². The maximum atomic E-state index is 14.1. The predicted octanol–water partition coefficient (Wildman–Crippen LogP) is 5.51. The molecule has 0 fully saturated rings. The number of rotatable bonds is 7. The molecule has 5 rings (SSSR count). The van der Waals surface area contributed by atoms with Crippen LogP contribution >= 0.6 is 0 Å². The lowest BCUT2D eigenvalue weighted by atomic mass is 9.81. The number of hydrogen-bond donors (Lipinski definition) is 1. The van der Waals surface area contributed by atoms with E-state index in [0.717, 1.165) is 58.7 Å². The van der Waals surface area contributed by atoms with E-state index >= 15 is 0 Å². The molecule has 3 heterocycles. The molecule has 1 unspecified atom stereocenters. The Bertz CT molecular complexity index is 1390. The monoisotopic (exact) mass is 495 g/mol. The van der Waals surface area contributed by atoms with Gasteiger partial charge < -0.3 is 10.0 Å². The second kappa shape index (κ2) is 10.5. The zero-order valence-electron chi connectivity index (χ0n) is 21.6. The predicted molar refractivity (Wildman–Crippen MR) is 144 cm³/mol. The number of aromatic nitrogens is 4. The Labute approximate surface area is 217 Å². The molecule has 1 amide bonds. The molecule has 0 bridgehead atoms. The lowest BCUT2D eigenvalue weighted by Crippen LogP contribution is -2.36. The number of nitrogens with zero attached hydrogens (tertiary/aromatic N) is 5. The van der Waals surface area contributed by atoms with Crippen molar-refractivity contribution >= 4 is 11.6 Å². The van der Waals surface area contributed by atoms with Crippen LogP contribution in [0.15, 0.2) is 67.1 Å². The number of carbonyl (C=O) groups is 1. The molecule has 1 aliphatic rings. The van der Waals surface area contributed by atoms with Gasteiger partial charge in [0, 0.05) is 23.1 Å². The van der Waals surface area contributed by atoms with Gasteiger partial charge in [0.2, 0.25) is 5.91 Å². The van der Waals surface area contributed by atoms with Crippen LogP contribution in [0.1, 0.15) is 72.3 Å². The van der Waals surface area contributed by atoms with Crippen molar-refractivity contribution in [3.05, 3.63) is 101 Å². The number of phenolic OH excluding ortho intramolecular Hbond substituents is 1. The van der Waals surface area contributed by atoms with E-state index in [2.05, 4.69) is 28.9 Å². The van der Waals surface area contributed by atoms with Crippen LogP contribution in [0.2, 0.25) is 0 Å². The van der Waals surface area contributed by atoms with E-state index in [9.17, 15) is 9.90 Å². The molecule has 0 saturated carbocycles. The summed E-state index contributed by atoms with van der Waals surface area (Å²) in [6.07, 6.45) is 7.98. The van der Waals surface area contributed by atoms with E-state index in [0.29, 0.717) is 19.0 Å². The number of aromatic hydroxyl groups is 1. The van der Waals surface area contributed by atoms with Crippen molar-refractivity contribution in [3.63, 3.8) is 0 Å². The highest BCUT2D eigenvalue weighted by Crippen LogP contribution is 2.38. The number of pyridine rings is 2. The molecular formula is C30H33N5O2. The highest BCUT2D eigenvalue weighted by atomic mass is 16.3. The summed E-state index contributed by atoms with van der Waals surface area (Å²) < 4.78 is 1.85. The summed E-state index contributed by atoms with van der Waals surface area (Å²) in [5.74, 6) is 0.279. The maximum Gasteiger partial charge on any atom is 0.234 e. The van der Waals surface area contributed by atoms with Crippen molar-refractivity contribution in [1.29, 1.82) is 0 Å². The zero-order chi connectivity index (χ0) is 25.9. The molecule has 7 nitrogen and oxygen atoms in total. The number of hydrogen-bond acceptors (Lipinski definition) is 5. The average Bonchev–Trinajstić information content (AvgIpc) is 3.33. The number of fused-ring (bicyclic) bond motifs is 1. The molecule has 3 aromatic heterocycles. The van der Waals surface area contributed by atoms with Gasteiger partial charge in [-0.25, -0.2) is 0 Å². The lowest BCUT2D eigenvalue weighted by Gasteiger charge is -2.31. The molecule has 0 radical (unpaired) electrons. The van der Waals surface area contributed by atoms with Crippen molar-refractivity contribution in [2.45, 2.75) is 65.0 Å². The van der Waals surface area contributed by atoms with Gasteiger partial charge in [0.25, 0.3) is 0 Å². The highest BCUT2D eigenvalue weighted by Gasteiger charge is 2.32. The molecule has 0 saturated heterocycles. The summed E-state index contributed by atoms with van der Waals surface area (Å²) >= 11 is 0. The number of carbonyl (C=O) groups excluding carboxylic acids is 1. The van der Waals surface area contributed by atoms with Crippen LogP contribution in [0.4, 0.5) is 5.69 Å². The summed E-state index contributed by atoms with van der Waals surface area (Å²) in [5.41, 5.74) is 6.40. The largest absolute Gasteiger partial charge is 0.508 e. The van der Waals surface area contributed by atoms with E-state index in [1.54, 1.807) is 12.3 Å². The van der Waals surface area contributed by atoms with Gasteiger partial charge in [-0.1, -0.05) is 32.0 Å². The molecule has 190 valence electrons. The van der Waals surface area contributed by atoms with Crippen LogP contribution in [0.25, 0.3) is 0 Å². The first-order valence-electron chi connectivity index (χ1n) is 12.9. The minimum Gasteiger partial charge on any atom is -0.508 e. The third-order valence-electron chi connectivity index (χ3n) is 7.02. The number of benzene rings is 1. The minimum atomic E-state index is -0.313. The quantitative estimate of drug-likeness (QED) is 0.365. The number of phenols is 1. The number of aryl methyl sites for hydroxylation is 1. The first-order valence-corrected chi connectivity index (χ1v) is 12.9. The molecule has 1 N–H and O–H groups in total. The molecule has 0 aliphatic heterocycles.